The number of carboxylic acids is 1. The van der Waals surface area contributed by atoms with E-state index in [1.807, 2.05) is 0 Å². The molecule has 0 saturated heterocycles. The van der Waals surface area contributed by atoms with E-state index >= 15 is 0 Å². The van der Waals surface area contributed by atoms with Crippen LogP contribution in [0.1, 0.15) is 20.8 Å². The lowest BCUT2D eigenvalue weighted by Crippen LogP contribution is -2.58. The predicted octanol–water partition coefficient (Wildman–Crippen LogP) is -1.65. The van der Waals surface area contributed by atoms with Crippen molar-refractivity contribution >= 4 is 17.7 Å². The first-order valence-electron chi connectivity index (χ1n) is 6.68. The van der Waals surface area contributed by atoms with Crippen molar-refractivity contribution in [1.82, 2.24) is 5.32 Å². The number of nitrogens with one attached hydrogen (secondary N) is 1. The standard InChI is InChI=1S/C13H21N3O6/c1-5(17)10(16-7(3)18)12-11(15-6(2)14)8(19)4-9(22-12)13(20)21/h4-5,8,10-12,17,19H,1-3H3,(H2,14,15)(H,16,18)(H,20,21)/t5-,8+,10-,11-,12+/m1/s1. The smallest absolute Gasteiger partial charge is 0.370 e. The van der Waals surface area contributed by atoms with Crippen LogP contribution < -0.4 is 11.1 Å². The Balaban J connectivity index is 3.23. The van der Waals surface area contributed by atoms with Gasteiger partial charge in [0.2, 0.25) is 11.7 Å². The van der Waals surface area contributed by atoms with Gasteiger partial charge in [0.05, 0.1) is 18.0 Å². The van der Waals surface area contributed by atoms with E-state index in [4.69, 9.17) is 15.6 Å². The van der Waals surface area contributed by atoms with Crippen LogP contribution in [0.4, 0.5) is 0 Å². The minimum absolute atomic E-state index is 0.150. The molecule has 0 aliphatic carbocycles. The Kier molecular flexibility index (Phi) is 5.89. The number of nitrogens with zero attached hydrogens (tertiary/aromatic N) is 1. The highest BCUT2D eigenvalue weighted by molar-refractivity contribution is 5.84. The Hall–Kier alpha value is -2.13. The number of aliphatic hydroxyl groups is 2. The zero-order valence-electron chi connectivity index (χ0n) is 12.6. The number of carbonyl (C=O) groups is 2. The lowest BCUT2D eigenvalue weighted by molar-refractivity contribution is -0.141. The highest BCUT2D eigenvalue weighted by Crippen LogP contribution is 2.25. The Morgan fingerprint density at radius 3 is 2.45 bits per heavy atom. The fourth-order valence-corrected chi connectivity index (χ4v) is 2.21. The lowest BCUT2D eigenvalue weighted by Gasteiger charge is -2.38. The second kappa shape index (κ2) is 7.23. The van der Waals surface area contributed by atoms with Gasteiger partial charge in [0.15, 0.2) is 0 Å². The van der Waals surface area contributed by atoms with Crippen molar-refractivity contribution in [2.45, 2.75) is 51.2 Å². The molecule has 124 valence electrons. The quantitative estimate of drug-likeness (QED) is 0.300. The van der Waals surface area contributed by atoms with Crippen molar-refractivity contribution in [1.29, 1.82) is 0 Å². The van der Waals surface area contributed by atoms with E-state index < -0.39 is 48.0 Å². The summed E-state index contributed by atoms with van der Waals surface area (Å²) in [5.74, 6) is -2.14. The summed E-state index contributed by atoms with van der Waals surface area (Å²) in [5, 5.41) is 31.5. The third-order valence-electron chi connectivity index (χ3n) is 3.08. The Bertz CT molecular complexity index is 498. The molecule has 1 heterocycles. The van der Waals surface area contributed by atoms with Gasteiger partial charge < -0.3 is 31.1 Å². The van der Waals surface area contributed by atoms with Crippen LogP contribution >= 0.6 is 0 Å². The number of amidine groups is 1. The molecular formula is C13H21N3O6. The van der Waals surface area contributed by atoms with Gasteiger partial charge in [0.1, 0.15) is 18.2 Å². The molecule has 0 aromatic heterocycles. The molecule has 5 atom stereocenters. The molecule has 0 radical (unpaired) electrons. The van der Waals surface area contributed by atoms with E-state index in [1.54, 1.807) is 0 Å². The number of nitrogens with two attached hydrogens (primary N) is 1. The molecule has 0 aromatic carbocycles. The van der Waals surface area contributed by atoms with Crippen LogP contribution in [0.3, 0.4) is 0 Å². The molecule has 1 rings (SSSR count). The van der Waals surface area contributed by atoms with Crippen molar-refractivity contribution in [2.24, 2.45) is 10.7 Å². The Labute approximate surface area is 127 Å². The van der Waals surface area contributed by atoms with Gasteiger partial charge in [-0.15, -0.1) is 0 Å². The number of hydrogen-bond donors (Lipinski definition) is 5. The Morgan fingerprint density at radius 1 is 1.45 bits per heavy atom. The van der Waals surface area contributed by atoms with Gasteiger partial charge in [0, 0.05) is 6.92 Å². The van der Waals surface area contributed by atoms with Crippen molar-refractivity contribution in [3.8, 4) is 0 Å². The van der Waals surface area contributed by atoms with Gasteiger partial charge in [-0.1, -0.05) is 0 Å². The first-order valence-corrected chi connectivity index (χ1v) is 6.68. The SMILES string of the molecule is CC(=O)N[C@@H]([C@@H]1OC(C(=O)O)=C[C@H](O)[C@H]1N=C(C)N)[C@@H](C)O. The summed E-state index contributed by atoms with van der Waals surface area (Å²) in [5.41, 5.74) is 5.52. The molecule has 1 aliphatic heterocycles. The lowest BCUT2D eigenvalue weighted by atomic mass is 9.92. The maximum atomic E-state index is 11.3. The third-order valence-corrected chi connectivity index (χ3v) is 3.08. The number of carbonyl (C=O) groups excluding carboxylic acids is 1. The molecule has 0 saturated carbocycles. The summed E-state index contributed by atoms with van der Waals surface area (Å²) in [6.07, 6.45) is -2.43. The van der Waals surface area contributed by atoms with E-state index in [0.717, 1.165) is 6.08 Å². The van der Waals surface area contributed by atoms with Crippen LogP contribution in [-0.4, -0.2) is 63.4 Å². The number of ether oxygens (including phenoxy) is 1. The molecule has 9 heteroatoms. The van der Waals surface area contributed by atoms with Gasteiger partial charge in [-0.05, 0) is 19.9 Å². The van der Waals surface area contributed by atoms with Gasteiger partial charge >= 0.3 is 5.97 Å². The maximum Gasteiger partial charge on any atom is 0.370 e. The van der Waals surface area contributed by atoms with Gasteiger partial charge in [-0.3, -0.25) is 9.79 Å². The summed E-state index contributed by atoms with van der Waals surface area (Å²) >= 11 is 0. The molecule has 1 aliphatic rings. The van der Waals surface area contributed by atoms with Crippen molar-refractivity contribution in [3.05, 3.63) is 11.8 Å². The van der Waals surface area contributed by atoms with Crippen LogP contribution in [0, 0.1) is 0 Å². The van der Waals surface area contributed by atoms with Gasteiger partial charge in [-0.25, -0.2) is 4.79 Å². The highest BCUT2D eigenvalue weighted by Gasteiger charge is 2.42. The number of amides is 1. The molecule has 6 N–H and O–H groups in total. The van der Waals surface area contributed by atoms with Crippen LogP contribution in [0.25, 0.3) is 0 Å². The van der Waals surface area contributed by atoms with Crippen molar-refractivity contribution < 1.29 is 29.6 Å². The Morgan fingerprint density at radius 2 is 2.05 bits per heavy atom. The molecule has 22 heavy (non-hydrogen) atoms. The second-order valence-corrected chi connectivity index (χ2v) is 5.14. The largest absolute Gasteiger partial charge is 0.479 e. The molecule has 0 aromatic rings. The fraction of sp³-hybridized carbons (Fsp3) is 0.615. The van der Waals surface area contributed by atoms with Crippen molar-refractivity contribution in [3.63, 3.8) is 0 Å². The normalized spacial score (nSPS) is 28.1. The molecule has 0 bridgehead atoms. The van der Waals surface area contributed by atoms with E-state index in [9.17, 15) is 19.8 Å². The average Bonchev–Trinajstić information content (AvgIpc) is 2.37. The summed E-state index contributed by atoms with van der Waals surface area (Å²) in [6.45, 7) is 4.15. The molecular weight excluding hydrogens is 294 g/mol. The number of rotatable bonds is 5. The zero-order chi connectivity index (χ0) is 17.0. The number of aliphatic carboxylic acids is 1. The van der Waals surface area contributed by atoms with E-state index in [0.29, 0.717) is 0 Å². The van der Waals surface area contributed by atoms with Crippen LogP contribution in [0.5, 0.6) is 0 Å². The van der Waals surface area contributed by atoms with Crippen LogP contribution in [0.15, 0.2) is 16.8 Å². The van der Waals surface area contributed by atoms with Crippen LogP contribution in [0.2, 0.25) is 0 Å². The fourth-order valence-electron chi connectivity index (χ4n) is 2.21. The predicted molar refractivity (Wildman–Crippen MR) is 77.0 cm³/mol. The summed E-state index contributed by atoms with van der Waals surface area (Å²) in [4.78, 5) is 26.4. The molecule has 0 fully saturated rings. The first-order chi connectivity index (χ1) is 10.1. The topological polar surface area (TPSA) is 154 Å². The minimum Gasteiger partial charge on any atom is -0.479 e. The minimum atomic E-state index is -1.37. The zero-order valence-corrected chi connectivity index (χ0v) is 12.6. The highest BCUT2D eigenvalue weighted by atomic mass is 16.5. The molecule has 0 spiro atoms. The number of hydrogen-bond acceptors (Lipinski definition) is 6. The summed E-state index contributed by atoms with van der Waals surface area (Å²) in [6, 6.07) is -1.93. The van der Waals surface area contributed by atoms with E-state index in [1.165, 1.54) is 20.8 Å². The van der Waals surface area contributed by atoms with Crippen molar-refractivity contribution in [2.75, 3.05) is 0 Å². The molecule has 0 unspecified atom stereocenters. The third kappa shape index (κ3) is 4.43. The first kappa shape index (κ1) is 17.9. The average molecular weight is 315 g/mol. The summed E-state index contributed by atoms with van der Waals surface area (Å²) in [7, 11) is 0. The molecule has 1 amide bonds. The number of aliphatic hydroxyl groups excluding tert-OH is 2. The second-order valence-electron chi connectivity index (χ2n) is 5.14. The monoisotopic (exact) mass is 315 g/mol. The van der Waals surface area contributed by atoms with Gasteiger partial charge in [0.25, 0.3) is 0 Å². The number of aliphatic imine (C=N–C) groups is 1. The molecule has 9 nitrogen and oxygen atoms in total. The van der Waals surface area contributed by atoms with E-state index in [2.05, 4.69) is 10.3 Å². The number of carboxylic acid groups (broad SMARTS) is 1. The van der Waals surface area contributed by atoms with E-state index in [-0.39, 0.29) is 5.84 Å². The van der Waals surface area contributed by atoms with Crippen LogP contribution in [-0.2, 0) is 14.3 Å². The van der Waals surface area contributed by atoms with Gasteiger partial charge in [-0.2, -0.15) is 0 Å². The maximum absolute atomic E-state index is 11.3. The summed E-state index contributed by atoms with van der Waals surface area (Å²) < 4.78 is 5.32.